The van der Waals surface area contributed by atoms with Crippen LogP contribution < -0.4 is 0 Å². The molecular formula is C58H39N3S. The first-order valence-corrected chi connectivity index (χ1v) is 22.1. The second kappa shape index (κ2) is 15.1. The first kappa shape index (κ1) is 36.2. The van der Waals surface area contributed by atoms with Crippen LogP contribution in [0, 0.1) is 0 Å². The Morgan fingerprint density at radius 1 is 0.468 bits per heavy atom. The molecular weight excluding hydrogens is 771 g/mol. The highest BCUT2D eigenvalue weighted by atomic mass is 32.1. The van der Waals surface area contributed by atoms with Gasteiger partial charge in [-0.25, -0.2) is 9.97 Å². The Hall–Kier alpha value is -7.66. The second-order valence-electron chi connectivity index (χ2n) is 16.0. The maximum atomic E-state index is 5.52. The highest BCUT2D eigenvalue weighted by Crippen LogP contribution is 2.49. The van der Waals surface area contributed by atoms with E-state index in [9.17, 15) is 0 Å². The maximum absolute atomic E-state index is 5.52. The Bertz CT molecular complexity index is 3430. The number of allylic oxidation sites excluding steroid dienone is 4. The van der Waals surface area contributed by atoms with Gasteiger partial charge in [-0.2, -0.15) is 0 Å². The number of para-hydroxylation sites is 2. The monoisotopic (exact) mass is 809 g/mol. The Morgan fingerprint density at radius 2 is 1.02 bits per heavy atom. The van der Waals surface area contributed by atoms with Gasteiger partial charge < -0.3 is 4.57 Å². The van der Waals surface area contributed by atoms with Crippen molar-refractivity contribution in [1.29, 1.82) is 0 Å². The third kappa shape index (κ3) is 6.02. The standard InChI is InChI=1S/C58H39N3S/c1-6-20-38(21-7-1)44-31-18-33-46-47-34-19-32-45(39-22-8-2-9-23-39)55(47)61(54(44)46)56-49(40-24-10-3-11-25-40)36-43(37-50(56)41-26-12-4-13-27-41)52-57-53(48-30-16-17-35-51(48)62-57)60-58(59-52)42-28-14-5-15-29-42/h1-26,28-37,41H,27H2. The number of fused-ring (bicyclic) bond motifs is 6. The quantitative estimate of drug-likeness (QED) is 0.161. The van der Waals surface area contributed by atoms with Gasteiger partial charge in [-0.1, -0.05) is 200 Å². The molecule has 3 aromatic heterocycles. The molecule has 8 aromatic carbocycles. The Kier molecular flexibility index (Phi) is 8.83. The van der Waals surface area contributed by atoms with Gasteiger partial charge in [-0.3, -0.25) is 0 Å². The van der Waals surface area contributed by atoms with Crippen LogP contribution in [-0.4, -0.2) is 14.5 Å². The lowest BCUT2D eigenvalue weighted by atomic mass is 9.85. The number of hydrogen-bond donors (Lipinski definition) is 0. The summed E-state index contributed by atoms with van der Waals surface area (Å²) in [5.74, 6) is 0.831. The smallest absolute Gasteiger partial charge is 0.160 e. The molecule has 4 heteroatoms. The molecule has 0 fully saturated rings. The molecule has 1 aliphatic carbocycles. The molecule has 0 spiro atoms. The van der Waals surface area contributed by atoms with E-state index in [1.807, 2.05) is 6.07 Å². The van der Waals surface area contributed by atoms with Gasteiger partial charge in [-0.05, 0) is 46.9 Å². The summed E-state index contributed by atoms with van der Waals surface area (Å²) in [5, 5.41) is 3.60. The number of benzene rings is 8. The van der Waals surface area contributed by atoms with E-state index in [1.54, 1.807) is 11.3 Å². The molecule has 0 saturated heterocycles. The van der Waals surface area contributed by atoms with Crippen LogP contribution in [0.1, 0.15) is 17.9 Å². The molecule has 0 amide bonds. The van der Waals surface area contributed by atoms with Crippen molar-refractivity contribution in [2.75, 3.05) is 0 Å². The predicted molar refractivity (Wildman–Crippen MR) is 262 cm³/mol. The van der Waals surface area contributed by atoms with Crippen LogP contribution >= 0.6 is 11.3 Å². The van der Waals surface area contributed by atoms with Crippen molar-refractivity contribution >= 4 is 53.4 Å². The minimum absolute atomic E-state index is 0.103. The molecule has 0 aliphatic heterocycles. The second-order valence-corrected chi connectivity index (χ2v) is 17.0. The minimum Gasteiger partial charge on any atom is -0.307 e. The number of hydrogen-bond acceptors (Lipinski definition) is 3. The van der Waals surface area contributed by atoms with E-state index < -0.39 is 0 Å². The lowest BCUT2D eigenvalue weighted by Gasteiger charge is -2.26. The van der Waals surface area contributed by atoms with Crippen LogP contribution in [0.4, 0.5) is 0 Å². The van der Waals surface area contributed by atoms with E-state index in [2.05, 4.69) is 217 Å². The van der Waals surface area contributed by atoms with Crippen LogP contribution in [0.2, 0.25) is 0 Å². The fraction of sp³-hybridized carbons (Fsp3) is 0.0345. The molecule has 1 aliphatic rings. The largest absolute Gasteiger partial charge is 0.307 e. The number of nitrogens with zero attached hydrogens (tertiary/aromatic N) is 3. The molecule has 62 heavy (non-hydrogen) atoms. The minimum atomic E-state index is 0.103. The van der Waals surface area contributed by atoms with Gasteiger partial charge in [0.2, 0.25) is 0 Å². The maximum Gasteiger partial charge on any atom is 0.160 e. The number of thiophene rings is 1. The molecule has 292 valence electrons. The van der Waals surface area contributed by atoms with Crippen molar-refractivity contribution in [2.24, 2.45) is 0 Å². The van der Waals surface area contributed by atoms with Crippen molar-refractivity contribution in [3.8, 4) is 61.7 Å². The SMILES string of the molecule is C1=CCC(c2cc(-c3nc(-c4ccccc4)nc4c3sc3ccccc34)cc(-c3ccccc3)c2-n2c3c(-c4ccccc4)cccc3c3cccc(-c4ccccc4)c32)C=C1. The van der Waals surface area contributed by atoms with Crippen molar-refractivity contribution in [3.63, 3.8) is 0 Å². The highest BCUT2D eigenvalue weighted by Gasteiger charge is 2.28. The molecule has 0 bridgehead atoms. The highest BCUT2D eigenvalue weighted by molar-refractivity contribution is 7.26. The van der Waals surface area contributed by atoms with Gasteiger partial charge in [0, 0.05) is 54.6 Å². The zero-order valence-corrected chi connectivity index (χ0v) is 34.6. The van der Waals surface area contributed by atoms with Crippen molar-refractivity contribution in [3.05, 3.63) is 224 Å². The fourth-order valence-corrected chi connectivity index (χ4v) is 10.7. The third-order valence-corrected chi connectivity index (χ3v) is 13.5. The average molecular weight is 810 g/mol. The summed E-state index contributed by atoms with van der Waals surface area (Å²) in [5.41, 5.74) is 15.9. The predicted octanol–water partition coefficient (Wildman–Crippen LogP) is 15.9. The normalized spacial score (nSPS) is 13.8. The van der Waals surface area contributed by atoms with Gasteiger partial charge in [0.15, 0.2) is 5.82 Å². The van der Waals surface area contributed by atoms with Crippen molar-refractivity contribution in [2.45, 2.75) is 12.3 Å². The van der Waals surface area contributed by atoms with Gasteiger partial charge in [0.05, 0.1) is 32.6 Å². The van der Waals surface area contributed by atoms with Gasteiger partial charge >= 0.3 is 0 Å². The lowest BCUT2D eigenvalue weighted by molar-refractivity contribution is 0.844. The zero-order valence-electron chi connectivity index (χ0n) is 33.8. The Balaban J connectivity index is 1.27. The summed E-state index contributed by atoms with van der Waals surface area (Å²) in [6.07, 6.45) is 9.96. The lowest BCUT2D eigenvalue weighted by Crippen LogP contribution is -2.09. The molecule has 12 rings (SSSR count). The summed E-state index contributed by atoms with van der Waals surface area (Å²) in [7, 11) is 0. The molecule has 0 saturated carbocycles. The summed E-state index contributed by atoms with van der Waals surface area (Å²) in [6.45, 7) is 0. The van der Waals surface area contributed by atoms with Gasteiger partial charge in [-0.15, -0.1) is 11.3 Å². The van der Waals surface area contributed by atoms with Gasteiger partial charge in [0.25, 0.3) is 0 Å². The molecule has 11 aromatic rings. The summed E-state index contributed by atoms with van der Waals surface area (Å²) in [4.78, 5) is 10.8. The summed E-state index contributed by atoms with van der Waals surface area (Å²) >= 11 is 1.78. The molecule has 1 atom stereocenters. The Labute approximate surface area is 364 Å². The van der Waals surface area contributed by atoms with E-state index in [0.29, 0.717) is 0 Å². The molecule has 3 heterocycles. The topological polar surface area (TPSA) is 30.7 Å². The summed E-state index contributed by atoms with van der Waals surface area (Å²) in [6, 6.07) is 70.2. The molecule has 3 nitrogen and oxygen atoms in total. The first-order chi connectivity index (χ1) is 30.8. The first-order valence-electron chi connectivity index (χ1n) is 21.3. The third-order valence-electron chi connectivity index (χ3n) is 12.3. The van der Waals surface area contributed by atoms with E-state index in [-0.39, 0.29) is 5.92 Å². The van der Waals surface area contributed by atoms with Crippen LogP contribution in [0.5, 0.6) is 0 Å². The number of aromatic nitrogens is 3. The summed E-state index contributed by atoms with van der Waals surface area (Å²) < 4.78 is 4.92. The van der Waals surface area contributed by atoms with E-state index in [0.717, 1.165) is 55.8 Å². The number of rotatable bonds is 7. The van der Waals surface area contributed by atoms with Crippen LogP contribution in [0.25, 0.3) is 104 Å². The molecule has 1 unspecified atom stereocenters. The van der Waals surface area contributed by atoms with Crippen LogP contribution in [-0.2, 0) is 0 Å². The fourth-order valence-electron chi connectivity index (χ4n) is 9.52. The van der Waals surface area contributed by atoms with Crippen molar-refractivity contribution in [1.82, 2.24) is 14.5 Å². The zero-order chi connectivity index (χ0) is 41.0. The van der Waals surface area contributed by atoms with Crippen molar-refractivity contribution < 1.29 is 0 Å². The van der Waals surface area contributed by atoms with Gasteiger partial charge in [0.1, 0.15) is 0 Å². The van der Waals surface area contributed by atoms with E-state index >= 15 is 0 Å². The van der Waals surface area contributed by atoms with Crippen LogP contribution in [0.3, 0.4) is 0 Å². The average Bonchev–Trinajstić information content (AvgIpc) is 3.91. The molecule has 0 N–H and O–H groups in total. The van der Waals surface area contributed by atoms with Crippen LogP contribution in [0.15, 0.2) is 218 Å². The van der Waals surface area contributed by atoms with E-state index in [4.69, 9.17) is 9.97 Å². The molecule has 0 radical (unpaired) electrons. The van der Waals surface area contributed by atoms with E-state index in [1.165, 1.54) is 60.0 Å². The Morgan fingerprint density at radius 3 is 1.61 bits per heavy atom.